The molecule has 1 aliphatic carbocycles. The van der Waals surface area contributed by atoms with Crippen LogP contribution in [-0.4, -0.2) is 63.7 Å². The van der Waals surface area contributed by atoms with Crippen molar-refractivity contribution in [3.63, 3.8) is 0 Å². The number of rotatable bonds is 7. The summed E-state index contributed by atoms with van der Waals surface area (Å²) in [6.07, 6.45) is 9.00. The molecule has 2 aromatic heterocycles. The average molecular weight is 568 g/mol. The van der Waals surface area contributed by atoms with Gasteiger partial charge in [0.15, 0.2) is 5.82 Å². The topological polar surface area (TPSA) is 132 Å². The van der Waals surface area contributed by atoms with Crippen molar-refractivity contribution in [2.45, 2.75) is 54.8 Å². The van der Waals surface area contributed by atoms with Gasteiger partial charge in [-0.1, -0.05) is 23.4 Å². The van der Waals surface area contributed by atoms with Crippen LogP contribution in [0.15, 0.2) is 55.6 Å². The zero-order valence-electron chi connectivity index (χ0n) is 21.6. The number of allylic oxidation sites excluding steroid dienone is 1. The van der Waals surface area contributed by atoms with Gasteiger partial charge in [0, 0.05) is 37.7 Å². The van der Waals surface area contributed by atoms with Crippen LogP contribution in [0, 0.1) is 5.41 Å². The Bertz CT molecular complexity index is 1550. The smallest absolute Gasteiger partial charge is 0.262 e. The van der Waals surface area contributed by atoms with Crippen LogP contribution in [0.4, 0.5) is 5.82 Å². The summed E-state index contributed by atoms with van der Waals surface area (Å²) < 4.78 is 6.58. The summed E-state index contributed by atoms with van der Waals surface area (Å²) in [7, 11) is 1.58. The number of methoxy groups -OCH3 is 1. The number of hydrogen-bond donors (Lipinski definition) is 2. The zero-order chi connectivity index (χ0) is 27.1. The highest BCUT2D eigenvalue weighted by Crippen LogP contribution is 2.51. The molecule has 10 nitrogen and oxygen atoms in total. The summed E-state index contributed by atoms with van der Waals surface area (Å²) >= 11 is 8.00. The molecule has 0 bridgehead atoms. The van der Waals surface area contributed by atoms with Gasteiger partial charge in [0.2, 0.25) is 0 Å². The van der Waals surface area contributed by atoms with Crippen molar-refractivity contribution in [2.75, 3.05) is 31.7 Å². The standard InChI is InChI=1S/C27H30ClN7O3S/c1-38-11-10-35-15-32-17-2-3-19(22(28)21(17)26(35)37)39-20-13-31-25(18(14-36)33-20)34-8-5-27(6-9-34)12-16-4-7-30-23(16)24(27)29/h2-3,7,13,15,24,36H,4-6,8-12,14,29H2,1H3/t24-/m1/s1. The van der Waals surface area contributed by atoms with E-state index in [9.17, 15) is 9.90 Å². The first-order chi connectivity index (χ1) is 18.9. The number of halogens is 1. The van der Waals surface area contributed by atoms with Gasteiger partial charge in [0.25, 0.3) is 5.56 Å². The van der Waals surface area contributed by atoms with E-state index in [1.807, 2.05) is 12.3 Å². The third kappa shape index (κ3) is 4.66. The van der Waals surface area contributed by atoms with Crippen LogP contribution in [0.1, 0.15) is 31.4 Å². The number of aliphatic hydroxyl groups is 1. The first-order valence-corrected chi connectivity index (χ1v) is 14.2. The molecule has 1 atom stereocenters. The number of anilines is 1. The van der Waals surface area contributed by atoms with E-state index in [0.717, 1.165) is 44.5 Å². The predicted molar refractivity (Wildman–Crippen MR) is 152 cm³/mol. The number of fused-ring (bicyclic) bond motifs is 1. The lowest BCUT2D eigenvalue weighted by molar-refractivity contribution is 0.186. The van der Waals surface area contributed by atoms with Crippen molar-refractivity contribution in [1.29, 1.82) is 0 Å². The minimum atomic E-state index is -0.234. The number of aliphatic hydroxyl groups excluding tert-OH is 1. The summed E-state index contributed by atoms with van der Waals surface area (Å²) in [5.74, 6) is 0.691. The van der Waals surface area contributed by atoms with Gasteiger partial charge in [0.05, 0.1) is 59.9 Å². The van der Waals surface area contributed by atoms with E-state index in [0.29, 0.717) is 50.5 Å². The molecule has 12 heteroatoms. The number of ether oxygens (including phenoxy) is 1. The molecule has 1 fully saturated rings. The Kier molecular flexibility index (Phi) is 7.19. The van der Waals surface area contributed by atoms with E-state index in [1.165, 1.54) is 28.2 Å². The fraction of sp³-hybridized carbons (Fsp3) is 0.444. The van der Waals surface area contributed by atoms with Crippen molar-refractivity contribution < 1.29 is 9.84 Å². The minimum Gasteiger partial charge on any atom is -0.390 e. The summed E-state index contributed by atoms with van der Waals surface area (Å²) in [5.41, 5.74) is 10.0. The summed E-state index contributed by atoms with van der Waals surface area (Å²) in [5, 5.41) is 11.4. The average Bonchev–Trinajstić information content (AvgIpc) is 3.50. The molecule has 6 rings (SSSR count). The lowest BCUT2D eigenvalue weighted by atomic mass is 9.72. The van der Waals surface area contributed by atoms with Gasteiger partial charge in [-0.3, -0.25) is 14.4 Å². The third-order valence-corrected chi connectivity index (χ3v) is 9.58. The fourth-order valence-corrected chi connectivity index (χ4v) is 7.11. The third-order valence-electron chi connectivity index (χ3n) is 8.11. The van der Waals surface area contributed by atoms with Crippen LogP contribution in [0.3, 0.4) is 0 Å². The molecule has 39 heavy (non-hydrogen) atoms. The molecule has 1 aromatic carbocycles. The molecule has 4 heterocycles. The van der Waals surface area contributed by atoms with Crippen molar-refractivity contribution in [3.05, 3.63) is 57.0 Å². The Morgan fingerprint density at radius 2 is 2.10 bits per heavy atom. The van der Waals surface area contributed by atoms with E-state index >= 15 is 0 Å². The van der Waals surface area contributed by atoms with Gasteiger partial charge < -0.3 is 20.5 Å². The monoisotopic (exact) mass is 567 g/mol. The number of hydrogen-bond acceptors (Lipinski definition) is 10. The van der Waals surface area contributed by atoms with Gasteiger partial charge >= 0.3 is 0 Å². The van der Waals surface area contributed by atoms with Crippen LogP contribution in [0.2, 0.25) is 5.02 Å². The van der Waals surface area contributed by atoms with Crippen LogP contribution < -0.4 is 16.2 Å². The normalized spacial score (nSPS) is 20.0. The minimum absolute atomic E-state index is 0.0124. The van der Waals surface area contributed by atoms with Gasteiger partial charge in [0.1, 0.15) is 10.7 Å². The molecule has 204 valence electrons. The second-order valence-electron chi connectivity index (χ2n) is 10.3. The highest BCUT2D eigenvalue weighted by atomic mass is 35.5. The van der Waals surface area contributed by atoms with Crippen molar-refractivity contribution in [3.8, 4) is 0 Å². The molecule has 3 aromatic rings. The zero-order valence-corrected chi connectivity index (χ0v) is 23.2. The fourth-order valence-electron chi connectivity index (χ4n) is 5.94. The molecule has 1 spiro atoms. The molecule has 0 unspecified atom stereocenters. The number of aliphatic imine (C=N–C) groups is 1. The Balaban J connectivity index is 1.21. The number of benzene rings is 1. The largest absolute Gasteiger partial charge is 0.390 e. The van der Waals surface area contributed by atoms with Crippen molar-refractivity contribution >= 4 is 46.3 Å². The Hall–Kier alpha value is -2.83. The molecule has 2 aliphatic heterocycles. The molecule has 1 saturated heterocycles. The van der Waals surface area contributed by atoms with Gasteiger partial charge in [-0.2, -0.15) is 0 Å². The number of piperidine rings is 1. The maximum atomic E-state index is 13.0. The quantitative estimate of drug-likeness (QED) is 0.442. The molecule has 0 amide bonds. The number of nitrogens with two attached hydrogens (primary N) is 1. The highest BCUT2D eigenvalue weighted by molar-refractivity contribution is 7.99. The lowest BCUT2D eigenvalue weighted by Crippen LogP contribution is -2.48. The summed E-state index contributed by atoms with van der Waals surface area (Å²) in [6.45, 7) is 2.14. The Morgan fingerprint density at radius 3 is 2.85 bits per heavy atom. The first-order valence-electron chi connectivity index (χ1n) is 13.0. The van der Waals surface area contributed by atoms with E-state index in [2.05, 4.69) is 14.9 Å². The van der Waals surface area contributed by atoms with Gasteiger partial charge in [-0.25, -0.2) is 15.0 Å². The maximum Gasteiger partial charge on any atom is 0.262 e. The molecule has 3 aliphatic rings. The molecule has 0 radical (unpaired) electrons. The molecule has 0 saturated carbocycles. The molecular weight excluding hydrogens is 538 g/mol. The van der Waals surface area contributed by atoms with Crippen LogP contribution in [0.5, 0.6) is 0 Å². The van der Waals surface area contributed by atoms with E-state index in [-0.39, 0.29) is 23.6 Å². The van der Waals surface area contributed by atoms with E-state index in [4.69, 9.17) is 32.0 Å². The number of aromatic nitrogens is 4. The van der Waals surface area contributed by atoms with Crippen molar-refractivity contribution in [1.82, 2.24) is 19.5 Å². The predicted octanol–water partition coefficient (Wildman–Crippen LogP) is 3.18. The van der Waals surface area contributed by atoms with Crippen molar-refractivity contribution in [2.24, 2.45) is 16.1 Å². The maximum absolute atomic E-state index is 13.0. The second-order valence-corrected chi connectivity index (χ2v) is 11.7. The molecule has 3 N–H and O–H groups in total. The Morgan fingerprint density at radius 1 is 1.28 bits per heavy atom. The van der Waals surface area contributed by atoms with Crippen LogP contribution in [0.25, 0.3) is 10.9 Å². The SMILES string of the molecule is COCCn1cnc2ccc(Sc3cnc(N4CCC5(CC4)CC4=C(N=CC4)[C@H]5N)c(CO)n3)c(Cl)c2c1=O. The van der Waals surface area contributed by atoms with Crippen LogP contribution >= 0.6 is 23.4 Å². The summed E-state index contributed by atoms with van der Waals surface area (Å²) in [6, 6.07) is 3.58. The second kappa shape index (κ2) is 10.6. The Labute approximate surface area is 235 Å². The number of nitrogens with zero attached hydrogens (tertiary/aromatic N) is 6. The lowest BCUT2D eigenvalue weighted by Gasteiger charge is -2.43. The van der Waals surface area contributed by atoms with E-state index in [1.54, 1.807) is 19.4 Å². The van der Waals surface area contributed by atoms with Gasteiger partial charge in [-0.15, -0.1) is 0 Å². The summed E-state index contributed by atoms with van der Waals surface area (Å²) in [4.78, 5) is 34.2. The van der Waals surface area contributed by atoms with Crippen LogP contribution in [-0.2, 0) is 17.9 Å². The van der Waals surface area contributed by atoms with Gasteiger partial charge in [-0.05, 0) is 42.4 Å². The highest BCUT2D eigenvalue weighted by Gasteiger charge is 2.48. The molecular formula is C27H30ClN7O3S. The van der Waals surface area contributed by atoms with E-state index < -0.39 is 0 Å². The first kappa shape index (κ1) is 26.4.